The average molecular weight is 322 g/mol. The molecule has 24 heavy (non-hydrogen) atoms. The normalized spacial score (nSPS) is 10.4. The van der Waals surface area contributed by atoms with E-state index in [4.69, 9.17) is 4.74 Å². The Balaban J connectivity index is 1.94. The highest BCUT2D eigenvalue weighted by atomic mass is 16.5. The number of rotatable bonds is 5. The van der Waals surface area contributed by atoms with Gasteiger partial charge >= 0.3 is 5.97 Å². The number of hydrogen-bond donors (Lipinski definition) is 1. The molecule has 0 amide bonds. The molecule has 0 saturated carbocycles. The van der Waals surface area contributed by atoms with Crippen molar-refractivity contribution in [2.75, 3.05) is 19.0 Å². The number of para-hydroxylation sites is 1. The summed E-state index contributed by atoms with van der Waals surface area (Å²) in [5, 5.41) is 3.99. The number of aryl methyl sites for hydroxylation is 1. The molecule has 0 fully saturated rings. The molecule has 0 atom stereocenters. The van der Waals surface area contributed by atoms with Crippen LogP contribution in [0.3, 0.4) is 0 Å². The zero-order chi connectivity index (χ0) is 16.9. The van der Waals surface area contributed by atoms with E-state index in [9.17, 15) is 4.79 Å². The fourth-order valence-electron chi connectivity index (χ4n) is 2.41. The Kier molecular flexibility index (Phi) is 4.61. The molecule has 1 heterocycles. The van der Waals surface area contributed by atoms with Gasteiger partial charge in [0.05, 0.1) is 12.6 Å². The minimum Gasteiger partial charge on any atom is -0.468 e. The SMILES string of the molecule is COC(=O)CNc1cc(C)nc2ccc(Oc3ccccc3)cc12. The number of methoxy groups -OCH3 is 1. The number of aromatic nitrogens is 1. The van der Waals surface area contributed by atoms with Crippen molar-refractivity contribution >= 4 is 22.6 Å². The van der Waals surface area contributed by atoms with E-state index in [1.807, 2.05) is 61.5 Å². The largest absolute Gasteiger partial charge is 0.468 e. The number of anilines is 1. The van der Waals surface area contributed by atoms with E-state index in [0.717, 1.165) is 28.0 Å². The molecule has 3 rings (SSSR count). The maximum absolute atomic E-state index is 11.4. The van der Waals surface area contributed by atoms with Gasteiger partial charge in [0.25, 0.3) is 0 Å². The lowest BCUT2D eigenvalue weighted by atomic mass is 10.1. The molecule has 0 spiro atoms. The van der Waals surface area contributed by atoms with E-state index < -0.39 is 0 Å². The second-order valence-corrected chi connectivity index (χ2v) is 5.33. The maximum atomic E-state index is 11.4. The number of pyridine rings is 1. The topological polar surface area (TPSA) is 60.5 Å². The van der Waals surface area contributed by atoms with Crippen molar-refractivity contribution in [1.29, 1.82) is 0 Å². The van der Waals surface area contributed by atoms with Crippen molar-refractivity contribution in [3.63, 3.8) is 0 Å². The van der Waals surface area contributed by atoms with Gasteiger partial charge in [-0.15, -0.1) is 0 Å². The molecule has 1 aromatic heterocycles. The summed E-state index contributed by atoms with van der Waals surface area (Å²) in [6.07, 6.45) is 0. The van der Waals surface area contributed by atoms with Crippen LogP contribution in [-0.2, 0) is 9.53 Å². The van der Waals surface area contributed by atoms with Gasteiger partial charge in [0.2, 0.25) is 0 Å². The predicted molar refractivity (Wildman–Crippen MR) is 93.5 cm³/mol. The first-order chi connectivity index (χ1) is 11.7. The van der Waals surface area contributed by atoms with Crippen LogP contribution in [0.5, 0.6) is 11.5 Å². The number of carbonyl (C=O) groups is 1. The second kappa shape index (κ2) is 7.00. The minimum atomic E-state index is -0.325. The quantitative estimate of drug-likeness (QED) is 0.721. The first kappa shape index (κ1) is 15.8. The van der Waals surface area contributed by atoms with Crippen LogP contribution in [0.15, 0.2) is 54.6 Å². The smallest absolute Gasteiger partial charge is 0.325 e. The Morgan fingerprint density at radius 1 is 1.08 bits per heavy atom. The molecule has 122 valence electrons. The molecular weight excluding hydrogens is 304 g/mol. The molecule has 2 aromatic carbocycles. The number of hydrogen-bond acceptors (Lipinski definition) is 5. The molecular formula is C19H18N2O3. The standard InChI is InChI=1S/C19H18N2O3/c1-13-10-18(20-12-19(22)23-2)16-11-15(8-9-17(16)21-13)24-14-6-4-3-5-7-14/h3-11H,12H2,1-2H3,(H,20,21). The number of ether oxygens (including phenoxy) is 2. The maximum Gasteiger partial charge on any atom is 0.325 e. The first-order valence-corrected chi connectivity index (χ1v) is 7.61. The van der Waals surface area contributed by atoms with Gasteiger partial charge in [0, 0.05) is 16.8 Å². The van der Waals surface area contributed by atoms with E-state index in [2.05, 4.69) is 15.0 Å². The summed E-state index contributed by atoms with van der Waals surface area (Å²) >= 11 is 0. The van der Waals surface area contributed by atoms with Crippen LogP contribution in [-0.4, -0.2) is 24.6 Å². The highest BCUT2D eigenvalue weighted by Gasteiger charge is 2.08. The van der Waals surface area contributed by atoms with Crippen molar-refractivity contribution < 1.29 is 14.3 Å². The summed E-state index contributed by atoms with van der Waals surface area (Å²) in [4.78, 5) is 15.9. The number of fused-ring (bicyclic) bond motifs is 1. The summed E-state index contributed by atoms with van der Waals surface area (Å²) in [6, 6.07) is 17.2. The molecule has 0 aliphatic carbocycles. The Labute approximate surface area is 140 Å². The molecule has 1 N–H and O–H groups in total. The Morgan fingerprint density at radius 2 is 1.88 bits per heavy atom. The molecule has 0 saturated heterocycles. The fraction of sp³-hybridized carbons (Fsp3) is 0.158. The van der Waals surface area contributed by atoms with Crippen molar-refractivity contribution in [3.8, 4) is 11.5 Å². The summed E-state index contributed by atoms with van der Waals surface area (Å²) < 4.78 is 10.5. The van der Waals surface area contributed by atoms with E-state index in [1.54, 1.807) is 0 Å². The molecule has 0 radical (unpaired) electrons. The van der Waals surface area contributed by atoms with Gasteiger partial charge in [-0.1, -0.05) is 18.2 Å². The number of carbonyl (C=O) groups excluding carboxylic acids is 1. The van der Waals surface area contributed by atoms with Crippen molar-refractivity contribution in [2.24, 2.45) is 0 Å². The van der Waals surface area contributed by atoms with Gasteiger partial charge in [-0.3, -0.25) is 9.78 Å². The monoisotopic (exact) mass is 322 g/mol. The lowest BCUT2D eigenvalue weighted by molar-refractivity contribution is -0.138. The Hall–Kier alpha value is -3.08. The van der Waals surface area contributed by atoms with Crippen molar-refractivity contribution in [1.82, 2.24) is 4.98 Å². The van der Waals surface area contributed by atoms with Crippen LogP contribution in [0.2, 0.25) is 0 Å². The van der Waals surface area contributed by atoms with Crippen LogP contribution in [0.4, 0.5) is 5.69 Å². The van der Waals surface area contributed by atoms with Crippen molar-refractivity contribution in [3.05, 3.63) is 60.3 Å². The molecule has 3 aromatic rings. The first-order valence-electron chi connectivity index (χ1n) is 7.61. The summed E-state index contributed by atoms with van der Waals surface area (Å²) in [5.74, 6) is 1.15. The van der Waals surface area contributed by atoms with Gasteiger partial charge in [-0.2, -0.15) is 0 Å². The molecule has 0 unspecified atom stereocenters. The second-order valence-electron chi connectivity index (χ2n) is 5.33. The lowest BCUT2D eigenvalue weighted by Gasteiger charge is -2.12. The van der Waals surface area contributed by atoms with Crippen molar-refractivity contribution in [2.45, 2.75) is 6.92 Å². The number of nitrogens with zero attached hydrogens (tertiary/aromatic N) is 1. The molecule has 5 nitrogen and oxygen atoms in total. The van der Waals surface area contributed by atoms with Gasteiger partial charge in [0.1, 0.15) is 18.0 Å². The van der Waals surface area contributed by atoms with E-state index in [-0.39, 0.29) is 12.5 Å². The van der Waals surface area contributed by atoms with E-state index in [1.165, 1.54) is 7.11 Å². The van der Waals surface area contributed by atoms with Gasteiger partial charge < -0.3 is 14.8 Å². The van der Waals surface area contributed by atoms with Crippen LogP contribution >= 0.6 is 0 Å². The van der Waals surface area contributed by atoms with Gasteiger partial charge in [-0.05, 0) is 43.3 Å². The third-order valence-electron chi connectivity index (χ3n) is 3.54. The predicted octanol–water partition coefficient (Wildman–Crippen LogP) is 3.92. The zero-order valence-corrected chi connectivity index (χ0v) is 13.6. The summed E-state index contributed by atoms with van der Waals surface area (Å²) in [6.45, 7) is 2.01. The Bertz CT molecular complexity index is 863. The molecule has 0 aliphatic heterocycles. The van der Waals surface area contributed by atoms with E-state index >= 15 is 0 Å². The minimum absolute atomic E-state index is 0.0961. The molecule has 0 bridgehead atoms. The number of nitrogens with one attached hydrogen (secondary N) is 1. The average Bonchev–Trinajstić information content (AvgIpc) is 2.60. The van der Waals surface area contributed by atoms with Crippen LogP contribution in [0.1, 0.15) is 5.69 Å². The van der Waals surface area contributed by atoms with Crippen LogP contribution in [0.25, 0.3) is 10.9 Å². The highest BCUT2D eigenvalue weighted by Crippen LogP contribution is 2.29. The van der Waals surface area contributed by atoms with Crippen LogP contribution < -0.4 is 10.1 Å². The number of esters is 1. The lowest BCUT2D eigenvalue weighted by Crippen LogP contribution is -2.15. The van der Waals surface area contributed by atoms with Gasteiger partial charge in [0.15, 0.2) is 0 Å². The fourth-order valence-corrected chi connectivity index (χ4v) is 2.41. The third kappa shape index (κ3) is 3.63. The van der Waals surface area contributed by atoms with E-state index in [0.29, 0.717) is 5.75 Å². The van der Waals surface area contributed by atoms with Gasteiger partial charge in [-0.25, -0.2) is 0 Å². The third-order valence-corrected chi connectivity index (χ3v) is 3.54. The zero-order valence-electron chi connectivity index (χ0n) is 13.6. The molecule has 5 heteroatoms. The summed E-state index contributed by atoms with van der Waals surface area (Å²) in [7, 11) is 1.37. The van der Waals surface area contributed by atoms with Crippen LogP contribution in [0, 0.1) is 6.92 Å². The Morgan fingerprint density at radius 3 is 2.62 bits per heavy atom. The highest BCUT2D eigenvalue weighted by molar-refractivity contribution is 5.93. The molecule has 0 aliphatic rings. The number of benzene rings is 2. The summed E-state index contributed by atoms with van der Waals surface area (Å²) in [5.41, 5.74) is 2.52.